The first-order valence-electron chi connectivity index (χ1n) is 49.7. The van der Waals surface area contributed by atoms with E-state index in [1.807, 2.05) is 34.0 Å². The summed E-state index contributed by atoms with van der Waals surface area (Å²) in [5, 5.41) is 21.6. The molecule has 6 nitrogen and oxygen atoms in total. The molecule has 0 fully saturated rings. The molecule has 6 heterocycles. The zero-order valence-corrected chi connectivity index (χ0v) is 81.9. The third-order valence-corrected chi connectivity index (χ3v) is 33.1. The van der Waals surface area contributed by atoms with Crippen LogP contribution >= 0.6 is 34.0 Å². The zero-order chi connectivity index (χ0) is 96.9. The van der Waals surface area contributed by atoms with E-state index in [4.69, 9.17) is 29.9 Å². The molecule has 0 saturated heterocycles. The Morgan fingerprint density at radius 3 is 0.728 bits per heavy atom. The summed E-state index contributed by atoms with van der Waals surface area (Å²) in [4.78, 5) is 28.5. The maximum atomic E-state index is 4.81. The summed E-state index contributed by atoms with van der Waals surface area (Å²) in [7, 11) is 0. The number of hydrogen-bond acceptors (Lipinski definition) is 9. The SMILES string of the molecule is c1ccc(-c2cc(-c3ccccc3)c3sc4c(-c5ccccc5-c5ccc6c(c5)c5ccccc5c5nccnc65)cc(-c5ccccc5)cc4c3c2)cc1.c1ccc(-c2ccc3sc4c(-c5ccccc5-c5ccc6c(c5)c5ccccc5c5nccnc65)cc(-c5ccccc5)cc4c3c2)cc1.c1ccc(-c2cccc3c2sc2c(-c4ccccc4-c4ccc5c(c4)c4ccccc4c4nccnc54)cccc23)cc1. The topological polar surface area (TPSA) is 77.3 Å². The van der Waals surface area contributed by atoms with Gasteiger partial charge in [-0.15, -0.1) is 34.0 Å². The van der Waals surface area contributed by atoms with Gasteiger partial charge in [0.25, 0.3) is 0 Å². The van der Waals surface area contributed by atoms with E-state index in [1.165, 1.54) is 226 Å². The molecule has 6 aromatic heterocycles. The Morgan fingerprint density at radius 1 is 0.109 bits per heavy atom. The van der Waals surface area contributed by atoms with E-state index < -0.39 is 0 Å². The van der Waals surface area contributed by atoms with Crippen LogP contribution in [0.1, 0.15) is 0 Å². The van der Waals surface area contributed by atoms with Crippen LogP contribution in [-0.2, 0) is 0 Å². The molecule has 0 saturated carbocycles. The molecule has 0 bridgehead atoms. The minimum atomic E-state index is 0.933. The van der Waals surface area contributed by atoms with Crippen molar-refractivity contribution in [1.82, 2.24) is 29.9 Å². The Balaban J connectivity index is 0.000000107. The van der Waals surface area contributed by atoms with Crippen LogP contribution in [0.25, 0.3) is 292 Å². The van der Waals surface area contributed by atoms with Gasteiger partial charge in [0.2, 0.25) is 0 Å². The normalized spacial score (nSPS) is 11.7. The van der Waals surface area contributed by atoms with Gasteiger partial charge in [-0.05, 0) is 210 Å². The van der Waals surface area contributed by atoms with Crippen molar-refractivity contribution in [1.29, 1.82) is 0 Å². The van der Waals surface area contributed by atoms with E-state index in [0.717, 1.165) is 65.4 Å². The quantitative estimate of drug-likeness (QED) is 0.113. The zero-order valence-electron chi connectivity index (χ0n) is 79.4. The van der Waals surface area contributed by atoms with Crippen LogP contribution < -0.4 is 0 Å². The van der Waals surface area contributed by atoms with Crippen molar-refractivity contribution in [3.8, 4) is 134 Å². The van der Waals surface area contributed by atoms with Gasteiger partial charge in [-0.2, -0.15) is 0 Å². The van der Waals surface area contributed by atoms with Crippen LogP contribution in [0, 0.1) is 0 Å². The number of thiophene rings is 3. The van der Waals surface area contributed by atoms with Gasteiger partial charge in [-0.3, -0.25) is 29.9 Å². The van der Waals surface area contributed by atoms with Gasteiger partial charge in [0.15, 0.2) is 0 Å². The van der Waals surface area contributed by atoms with Crippen molar-refractivity contribution in [2.45, 2.75) is 0 Å². The second kappa shape index (κ2) is 36.5. The Kier molecular flexibility index (Phi) is 21.4. The molecule has 147 heavy (non-hydrogen) atoms. The van der Waals surface area contributed by atoms with Crippen LogP contribution in [0.4, 0.5) is 0 Å². The average Bonchev–Trinajstić information content (AvgIpc) is 1.31. The van der Waals surface area contributed by atoms with Crippen molar-refractivity contribution >= 4 is 192 Å². The maximum Gasteiger partial charge on any atom is 0.0971 e. The summed E-state index contributed by atoms with van der Waals surface area (Å²) < 4.78 is 7.84. The Bertz CT molecular complexity index is 10400. The van der Waals surface area contributed by atoms with Gasteiger partial charge in [-0.25, -0.2) is 0 Å². The molecular formula is C138H84N6S3. The van der Waals surface area contributed by atoms with E-state index >= 15 is 0 Å². The molecule has 9 heteroatoms. The highest BCUT2D eigenvalue weighted by Gasteiger charge is 2.26. The molecule has 0 unspecified atom stereocenters. The predicted molar refractivity (Wildman–Crippen MR) is 628 cm³/mol. The summed E-state index contributed by atoms with van der Waals surface area (Å²) in [6, 6.07) is 172. The first kappa shape index (κ1) is 86.4. The van der Waals surface area contributed by atoms with Crippen molar-refractivity contribution in [2.75, 3.05) is 0 Å². The van der Waals surface area contributed by atoms with Crippen molar-refractivity contribution in [2.24, 2.45) is 0 Å². The monoisotopic (exact) mass is 1920 g/mol. The molecule has 30 aromatic rings. The number of benzene rings is 24. The molecule has 0 atom stereocenters. The van der Waals surface area contributed by atoms with E-state index in [2.05, 4.69) is 473 Å². The van der Waals surface area contributed by atoms with Crippen molar-refractivity contribution < 1.29 is 0 Å². The minimum Gasteiger partial charge on any atom is -0.252 e. The molecule has 0 aliphatic carbocycles. The second-order valence-corrected chi connectivity index (χ2v) is 40.7. The number of fused-ring (bicyclic) bond motifs is 27. The standard InChI is InChI=1S/C52H32N2S.C46H28N2S.C40H24N2S/c1-4-14-33(15-5-1)37-29-44(35-18-8-3-9-19-35)51-47(31-37)48-32-38(34-16-6-2-7-17-34)30-46(52(48)55-51)40-21-11-10-20-39(40)36-24-25-43-45(28-36)41-22-12-13-23-42(41)49-50(43)54-27-26-53-49;1-3-11-29(12-4-1)31-20-22-43-40(25-31)42-28-33(30-13-5-2-6-14-30)27-41(46(42)49-43)35-16-8-7-15-34(35)32-19-21-38-39(26-32)36-17-9-10-18-37(36)44-45(38)48-24-23-47-44;1-2-10-25(11-3-1)28-16-8-18-34-35-19-9-17-33(40(35)43-39(28)34)29-13-5-4-12-27(29)26-20-21-32-36(24-26)30-14-6-7-15-31(30)37-38(32)42-23-22-41-37/h1-32H;1-28H;1-24H. The first-order chi connectivity index (χ1) is 72.9. The third-order valence-electron chi connectivity index (χ3n) is 29.3. The average molecular weight is 1920 g/mol. The van der Waals surface area contributed by atoms with Gasteiger partial charge >= 0.3 is 0 Å². The van der Waals surface area contributed by atoms with Crippen LogP contribution in [0.15, 0.2) is 510 Å². The molecule has 0 amide bonds. The molecular weight excluding hydrogens is 1840 g/mol. The van der Waals surface area contributed by atoms with Gasteiger partial charge in [-0.1, -0.05) is 406 Å². The van der Waals surface area contributed by atoms with Gasteiger partial charge in [0.1, 0.15) is 0 Å². The van der Waals surface area contributed by atoms with E-state index in [-0.39, 0.29) is 0 Å². The summed E-state index contributed by atoms with van der Waals surface area (Å²) >= 11 is 5.69. The summed E-state index contributed by atoms with van der Waals surface area (Å²) in [5.74, 6) is 0. The maximum absolute atomic E-state index is 4.81. The number of hydrogen-bond donors (Lipinski definition) is 0. The lowest BCUT2D eigenvalue weighted by Crippen LogP contribution is -1.90. The molecule has 0 aliphatic rings. The molecule has 0 N–H and O–H groups in total. The molecule has 0 spiro atoms. The summed E-state index contributed by atoms with van der Waals surface area (Å²) in [5.41, 5.74) is 35.0. The molecule has 0 radical (unpaired) electrons. The van der Waals surface area contributed by atoms with Gasteiger partial charge in [0.05, 0.1) is 33.1 Å². The largest absolute Gasteiger partial charge is 0.252 e. The van der Waals surface area contributed by atoms with E-state index in [9.17, 15) is 0 Å². The van der Waals surface area contributed by atoms with E-state index in [1.54, 1.807) is 37.2 Å². The highest BCUT2D eigenvalue weighted by atomic mass is 32.1. The van der Waals surface area contributed by atoms with E-state index in [0.29, 0.717) is 0 Å². The number of rotatable bonds is 12. The Hall–Kier alpha value is -18.5. The lowest BCUT2D eigenvalue weighted by Gasteiger charge is -2.15. The second-order valence-electron chi connectivity index (χ2n) is 37.6. The lowest BCUT2D eigenvalue weighted by molar-refractivity contribution is 1.31. The molecule has 30 rings (SSSR count). The van der Waals surface area contributed by atoms with Crippen LogP contribution in [-0.4, -0.2) is 29.9 Å². The highest BCUT2D eigenvalue weighted by molar-refractivity contribution is 7.27. The van der Waals surface area contributed by atoms with Crippen LogP contribution in [0.2, 0.25) is 0 Å². The lowest BCUT2D eigenvalue weighted by atomic mass is 9.89. The Labute approximate surface area is 859 Å². The van der Waals surface area contributed by atoms with Gasteiger partial charge in [0, 0.05) is 152 Å². The number of aromatic nitrogens is 6. The third kappa shape index (κ3) is 15.1. The van der Waals surface area contributed by atoms with Crippen LogP contribution in [0.5, 0.6) is 0 Å². The smallest absolute Gasteiger partial charge is 0.0971 e. The molecule has 0 aliphatic heterocycles. The van der Waals surface area contributed by atoms with Crippen molar-refractivity contribution in [3.05, 3.63) is 510 Å². The summed E-state index contributed by atoms with van der Waals surface area (Å²) in [6.07, 6.45) is 10.7. The fourth-order valence-electron chi connectivity index (χ4n) is 22.5. The highest BCUT2D eigenvalue weighted by Crippen LogP contribution is 2.54. The molecule has 684 valence electrons. The van der Waals surface area contributed by atoms with Crippen molar-refractivity contribution in [3.63, 3.8) is 0 Å². The predicted octanol–water partition coefficient (Wildman–Crippen LogP) is 38.9. The number of nitrogens with zero attached hydrogens (tertiary/aromatic N) is 6. The molecule has 24 aromatic carbocycles. The minimum absolute atomic E-state index is 0.933. The summed E-state index contributed by atoms with van der Waals surface area (Å²) in [6.45, 7) is 0. The van der Waals surface area contributed by atoms with Crippen LogP contribution in [0.3, 0.4) is 0 Å². The Morgan fingerprint density at radius 2 is 0.347 bits per heavy atom. The fraction of sp³-hybridized carbons (Fsp3) is 0. The first-order valence-corrected chi connectivity index (χ1v) is 52.1. The fourth-order valence-corrected chi connectivity index (χ4v) is 26.4. The van der Waals surface area contributed by atoms with Gasteiger partial charge < -0.3 is 0 Å².